The predicted molar refractivity (Wildman–Crippen MR) is 124 cm³/mol. The lowest BCUT2D eigenvalue weighted by atomic mass is 10.0. The second-order valence-corrected chi connectivity index (χ2v) is 7.82. The molecule has 0 fully saturated rings. The minimum Gasteiger partial charge on any atom is -0.405 e. The van der Waals surface area contributed by atoms with Crippen LogP contribution in [0.25, 0.3) is 5.70 Å². The van der Waals surface area contributed by atoms with Gasteiger partial charge in [0.05, 0.1) is 30.7 Å². The van der Waals surface area contributed by atoms with Gasteiger partial charge in [0, 0.05) is 11.6 Å². The molecule has 3 aromatic heterocycles. The lowest BCUT2D eigenvalue weighted by Gasteiger charge is -2.27. The molecule has 0 spiro atoms. The maximum atomic E-state index is 14.4. The molecular weight excluding hydrogens is 533 g/mol. The number of aromatic nitrogens is 5. The summed E-state index contributed by atoms with van der Waals surface area (Å²) in [6.07, 6.45) is -2.18. The summed E-state index contributed by atoms with van der Waals surface area (Å²) >= 11 is 0. The molecule has 4 rings (SSSR count). The molecule has 3 heterocycles. The smallest absolute Gasteiger partial charge is 0.405 e. The van der Waals surface area contributed by atoms with Crippen LogP contribution in [0.1, 0.15) is 23.0 Å². The molecule has 0 aliphatic carbocycles. The lowest BCUT2D eigenvalue weighted by Crippen LogP contribution is -2.48. The van der Waals surface area contributed by atoms with E-state index in [1.54, 1.807) is 6.07 Å². The number of rotatable bonds is 9. The fraction of sp³-hybridized carbons (Fsp3) is 0.182. The first-order valence-electron chi connectivity index (χ1n) is 10.8. The number of aliphatic imine (C=N–C) groups is 1. The van der Waals surface area contributed by atoms with Crippen molar-refractivity contribution in [2.45, 2.75) is 18.3 Å². The first kappa shape index (κ1) is 27.1. The Morgan fingerprint density at radius 1 is 1.13 bits per heavy atom. The molecule has 6 N–H and O–H groups in total. The number of nitrogens with one attached hydrogen (secondary N) is 1. The van der Waals surface area contributed by atoms with Gasteiger partial charge in [-0.25, -0.2) is 18.7 Å². The Kier molecular flexibility index (Phi) is 7.52. The third-order valence-electron chi connectivity index (χ3n) is 5.15. The summed E-state index contributed by atoms with van der Waals surface area (Å²) in [7, 11) is 0. The highest BCUT2D eigenvalue weighted by Crippen LogP contribution is 2.38. The average Bonchev–Trinajstić information content (AvgIpc) is 3.58. The van der Waals surface area contributed by atoms with Gasteiger partial charge >= 0.3 is 12.2 Å². The summed E-state index contributed by atoms with van der Waals surface area (Å²) in [6.45, 7) is -1.49. The number of hydrogen-bond donors (Lipinski definition) is 4. The van der Waals surface area contributed by atoms with E-state index in [0.717, 1.165) is 0 Å². The number of alkyl halides is 3. The molecule has 0 aliphatic heterocycles. The minimum atomic E-state index is -5.33. The van der Waals surface area contributed by atoms with E-state index in [0.29, 0.717) is 6.20 Å². The van der Waals surface area contributed by atoms with Gasteiger partial charge < -0.3 is 30.8 Å². The summed E-state index contributed by atoms with van der Waals surface area (Å²) < 4.78 is 78.7. The van der Waals surface area contributed by atoms with Crippen molar-refractivity contribution in [3.05, 3.63) is 83.5 Å². The number of nitrogens with two attached hydrogens (primary N) is 2. The Morgan fingerprint density at radius 2 is 1.90 bits per heavy atom. The monoisotopic (exact) mass is 551 g/mol. The number of aliphatic hydroxyl groups is 1. The van der Waals surface area contributed by atoms with Crippen LogP contribution in [-0.2, 0) is 12.1 Å². The van der Waals surface area contributed by atoms with Gasteiger partial charge in [-0.2, -0.15) is 13.2 Å². The number of nitrogens with zero attached hydrogens (tertiary/aromatic N) is 6. The zero-order chi connectivity index (χ0) is 28.2. The summed E-state index contributed by atoms with van der Waals surface area (Å²) in [5.74, 6) is -3.97. The second-order valence-electron chi connectivity index (χ2n) is 7.82. The lowest BCUT2D eigenvalue weighted by molar-refractivity contribution is -0.268. The largest absolute Gasteiger partial charge is 0.428 e. The van der Waals surface area contributed by atoms with Gasteiger partial charge in [-0.05, 0) is 12.1 Å². The molecule has 1 aromatic carbocycles. The van der Waals surface area contributed by atoms with E-state index in [-0.39, 0.29) is 35.0 Å². The molecule has 1 unspecified atom stereocenters. The zero-order valence-corrected chi connectivity index (χ0v) is 19.5. The predicted octanol–water partition coefficient (Wildman–Crippen LogP) is 2.56. The summed E-state index contributed by atoms with van der Waals surface area (Å²) in [6, 6.07) is 6.66. The zero-order valence-electron chi connectivity index (χ0n) is 19.5. The van der Waals surface area contributed by atoms with Crippen molar-refractivity contribution in [2.75, 3.05) is 17.6 Å². The number of hydrogen-bond acceptors (Lipinski definition) is 12. The van der Waals surface area contributed by atoms with Crippen molar-refractivity contribution >= 4 is 23.2 Å². The van der Waals surface area contributed by atoms with Crippen molar-refractivity contribution in [1.29, 1.82) is 0 Å². The number of allylic oxidation sites excluding steroid dienone is 1. The molecule has 0 bridgehead atoms. The van der Waals surface area contributed by atoms with Crippen LogP contribution in [0.3, 0.4) is 0 Å². The number of halogens is 5. The molecule has 1 atom stereocenters. The van der Waals surface area contributed by atoms with Crippen LogP contribution in [0.2, 0.25) is 0 Å². The van der Waals surface area contributed by atoms with Crippen LogP contribution in [-0.4, -0.2) is 48.9 Å². The third-order valence-corrected chi connectivity index (χ3v) is 5.15. The van der Waals surface area contributed by atoms with E-state index < -0.39 is 47.7 Å². The molecule has 0 saturated heterocycles. The Hall–Kier alpha value is -4.93. The van der Waals surface area contributed by atoms with E-state index in [9.17, 15) is 27.1 Å². The average molecular weight is 551 g/mol. The molecule has 12 nitrogen and oxygen atoms in total. The van der Waals surface area contributed by atoms with Crippen LogP contribution >= 0.6 is 0 Å². The van der Waals surface area contributed by atoms with Crippen molar-refractivity contribution in [1.82, 2.24) is 25.3 Å². The van der Waals surface area contributed by atoms with Crippen molar-refractivity contribution in [2.24, 2.45) is 10.7 Å². The van der Waals surface area contributed by atoms with Crippen LogP contribution in [0.4, 0.5) is 33.8 Å². The molecule has 0 saturated carbocycles. The van der Waals surface area contributed by atoms with Crippen LogP contribution in [0.15, 0.2) is 62.8 Å². The summed E-state index contributed by atoms with van der Waals surface area (Å²) in [5.41, 5.74) is 7.88. The van der Waals surface area contributed by atoms with Gasteiger partial charge in [0.25, 0.3) is 11.5 Å². The fourth-order valence-electron chi connectivity index (χ4n) is 3.09. The van der Waals surface area contributed by atoms with Gasteiger partial charge in [0.1, 0.15) is 17.8 Å². The van der Waals surface area contributed by atoms with Gasteiger partial charge in [0.2, 0.25) is 0 Å². The highest BCUT2D eigenvalue weighted by Gasteiger charge is 2.59. The topological polar surface area (TPSA) is 187 Å². The van der Waals surface area contributed by atoms with Crippen molar-refractivity contribution < 1.29 is 36.0 Å². The molecule has 39 heavy (non-hydrogen) atoms. The van der Waals surface area contributed by atoms with Crippen molar-refractivity contribution in [3.63, 3.8) is 0 Å². The van der Waals surface area contributed by atoms with E-state index in [1.807, 2.05) is 0 Å². The second kappa shape index (κ2) is 10.8. The summed E-state index contributed by atoms with van der Waals surface area (Å²) in [5, 5.41) is 22.3. The maximum absolute atomic E-state index is 14.4. The van der Waals surface area contributed by atoms with Gasteiger partial charge in [-0.15, -0.1) is 5.10 Å². The SMILES string of the molecule is NC(=CC(=NCc1ccccc1F)c1ccon1)c1ncc(F)c(NCC(O)(c2nnc(N)o2)C(F)(F)F)n1. The number of nitrogen functional groups attached to an aromatic ring is 1. The highest BCUT2D eigenvalue weighted by atomic mass is 19.4. The standard InChI is InChI=1S/C22H18F5N9O3/c23-12-4-2-1-3-11(12)8-30-16(15-5-6-38-36-15)7-14(28)18-31-9-13(24)17(33-18)32-10-21(37,22(25,26)27)19-34-35-20(29)39-19/h1-7,9,37H,8,10,28H2,(H2,29,35)(H,31,32,33). The Morgan fingerprint density at radius 3 is 2.54 bits per heavy atom. The first-order valence-corrected chi connectivity index (χ1v) is 10.8. The molecule has 4 aromatic rings. The quantitative estimate of drug-likeness (QED) is 0.177. The molecule has 0 aliphatic rings. The molecule has 17 heteroatoms. The Bertz CT molecular complexity index is 1510. The van der Waals surface area contributed by atoms with Crippen LogP contribution in [0.5, 0.6) is 0 Å². The normalized spacial score (nSPS) is 14.3. The number of anilines is 2. The fourth-order valence-corrected chi connectivity index (χ4v) is 3.09. The molecule has 0 radical (unpaired) electrons. The van der Waals surface area contributed by atoms with Gasteiger partial charge in [-0.3, -0.25) is 4.99 Å². The van der Waals surface area contributed by atoms with E-state index in [4.69, 9.17) is 16.0 Å². The van der Waals surface area contributed by atoms with Crippen LogP contribution < -0.4 is 16.8 Å². The van der Waals surface area contributed by atoms with E-state index in [1.165, 1.54) is 36.6 Å². The van der Waals surface area contributed by atoms with Crippen LogP contribution in [0, 0.1) is 11.6 Å². The van der Waals surface area contributed by atoms with Gasteiger partial charge in [0.15, 0.2) is 17.5 Å². The Labute approximate surface area is 215 Å². The molecular formula is C22H18F5N9O3. The van der Waals surface area contributed by atoms with E-state index >= 15 is 0 Å². The first-order chi connectivity index (χ1) is 18.5. The maximum Gasteiger partial charge on any atom is 0.428 e. The van der Waals surface area contributed by atoms with E-state index in [2.05, 4.69) is 40.0 Å². The van der Waals surface area contributed by atoms with Gasteiger partial charge in [-0.1, -0.05) is 28.5 Å². The molecule has 0 amide bonds. The summed E-state index contributed by atoms with van der Waals surface area (Å²) in [4.78, 5) is 11.8. The third kappa shape index (κ3) is 5.98. The number of benzene rings is 1. The van der Waals surface area contributed by atoms with Crippen molar-refractivity contribution in [3.8, 4) is 0 Å². The minimum absolute atomic E-state index is 0.105. The molecule has 204 valence electrons. The Balaban J connectivity index is 1.62. The highest BCUT2D eigenvalue weighted by molar-refractivity contribution is 6.10.